The first-order chi connectivity index (χ1) is 21.0. The summed E-state index contributed by atoms with van der Waals surface area (Å²) in [5, 5.41) is 18.9. The van der Waals surface area contributed by atoms with E-state index in [1.807, 2.05) is 20.8 Å². The summed E-state index contributed by atoms with van der Waals surface area (Å²) < 4.78 is 77.6. The number of esters is 1. The number of carbonyl (C=O) groups is 2. The van der Waals surface area contributed by atoms with Gasteiger partial charge in [-0.2, -0.15) is 13.2 Å². The molecule has 2 aliphatic heterocycles. The van der Waals surface area contributed by atoms with Gasteiger partial charge in [-0.3, -0.25) is 10.2 Å². The number of amidine groups is 1. The van der Waals surface area contributed by atoms with Crippen LogP contribution in [0.1, 0.15) is 68.1 Å². The minimum Gasteiger partial charge on any atom is -0.494 e. The lowest BCUT2D eigenvalue weighted by Crippen LogP contribution is -2.47. The van der Waals surface area contributed by atoms with E-state index in [0.29, 0.717) is 30.0 Å². The number of nitrogens with one attached hydrogen (secondary N) is 1. The lowest BCUT2D eigenvalue weighted by Gasteiger charge is -2.31. The molecule has 2 unspecified atom stereocenters. The zero-order valence-electron chi connectivity index (χ0n) is 25.9. The third-order valence-electron chi connectivity index (χ3n) is 7.55. The summed E-state index contributed by atoms with van der Waals surface area (Å²) in [6, 6.07) is 4.23. The van der Waals surface area contributed by atoms with E-state index >= 15 is 4.39 Å². The molecule has 1 fully saturated rings. The molecular formula is C31H37F4N3O7. The number of hydrogen-bond donors (Lipinski definition) is 2. The van der Waals surface area contributed by atoms with Crippen LogP contribution in [-0.2, 0) is 21.5 Å². The Bertz CT molecular complexity index is 1490. The highest BCUT2D eigenvalue weighted by molar-refractivity contribution is 6.08. The molecule has 4 rings (SSSR count). The number of methoxy groups -OCH3 is 1. The van der Waals surface area contributed by atoms with E-state index in [4.69, 9.17) is 24.4 Å². The molecule has 246 valence electrons. The smallest absolute Gasteiger partial charge is 0.491 e. The Kier molecular flexibility index (Phi) is 9.57. The van der Waals surface area contributed by atoms with Crippen LogP contribution in [0.2, 0.25) is 0 Å². The van der Waals surface area contributed by atoms with Gasteiger partial charge in [0, 0.05) is 30.8 Å². The molecule has 0 radical (unpaired) electrons. The van der Waals surface area contributed by atoms with Crippen LogP contribution in [0.15, 0.2) is 18.2 Å². The van der Waals surface area contributed by atoms with E-state index in [0.717, 1.165) is 4.90 Å². The van der Waals surface area contributed by atoms with E-state index in [9.17, 15) is 27.9 Å². The molecule has 2 heterocycles. The van der Waals surface area contributed by atoms with Crippen molar-refractivity contribution < 1.29 is 51.2 Å². The topological polar surface area (TPSA) is 122 Å². The van der Waals surface area contributed by atoms with E-state index in [1.54, 1.807) is 18.7 Å². The number of anilines is 1. The number of rotatable bonds is 10. The van der Waals surface area contributed by atoms with E-state index in [1.165, 1.54) is 25.3 Å². The average Bonchev–Trinajstić information content (AvgIpc) is 3.54. The zero-order valence-corrected chi connectivity index (χ0v) is 25.9. The molecule has 10 nitrogen and oxygen atoms in total. The van der Waals surface area contributed by atoms with Crippen molar-refractivity contribution >= 4 is 23.3 Å². The van der Waals surface area contributed by atoms with Gasteiger partial charge in [0.25, 0.3) is 0 Å². The molecule has 2 aliphatic rings. The number of nitrogens with zero attached hydrogens (tertiary/aromatic N) is 2. The number of aliphatic hydroxyl groups excluding tert-OH is 1. The van der Waals surface area contributed by atoms with Crippen LogP contribution < -0.4 is 19.1 Å². The van der Waals surface area contributed by atoms with Gasteiger partial charge in [-0.05, 0) is 49.4 Å². The lowest BCUT2D eigenvalue weighted by molar-refractivity contribution is -0.207. The van der Waals surface area contributed by atoms with E-state index < -0.39 is 53.9 Å². The van der Waals surface area contributed by atoms with E-state index in [-0.39, 0.29) is 47.9 Å². The average molecular weight is 640 g/mol. The highest BCUT2D eigenvalue weighted by atomic mass is 19.4. The predicted octanol–water partition coefficient (Wildman–Crippen LogP) is 4.96. The standard InChI is InChI=1S/C31H37F4N3O7/c1-7-43-21-13-17-14-38(27(36)22(17)23(32)26(21)44-8-2)28(45-29(41)31(33,34)35)24(40)16-11-19(30(3,4)5)25(42-6)20(12-16)37-10-9-18(39)15-37/h11-13,18,28,36,39H,7-10,14-15H2,1-6H3. The number of fused-ring (bicyclic) bond motifs is 1. The van der Waals surface area contributed by atoms with Crippen molar-refractivity contribution in [3.05, 3.63) is 46.3 Å². The van der Waals surface area contributed by atoms with Gasteiger partial charge in [0.2, 0.25) is 12.0 Å². The zero-order chi connectivity index (χ0) is 33.4. The SMILES string of the molecule is CCOc1cc2c(c(F)c1OCC)C(=N)N(C(OC(=O)C(F)(F)F)C(=O)c1cc(N3CCC(O)C3)c(OC)c(C(C)(C)C)c1)C2. The van der Waals surface area contributed by atoms with Gasteiger partial charge < -0.3 is 33.9 Å². The maximum absolute atomic E-state index is 15.7. The van der Waals surface area contributed by atoms with Gasteiger partial charge in [0.15, 0.2) is 17.3 Å². The Balaban J connectivity index is 1.86. The number of alkyl halides is 3. The number of β-amino-alcohol motifs (C(OH)–C–C–N with tert-alkyl or cyclic N) is 1. The van der Waals surface area contributed by atoms with Crippen molar-refractivity contribution in [1.29, 1.82) is 5.41 Å². The highest BCUT2D eigenvalue weighted by Crippen LogP contribution is 2.43. The minimum absolute atomic E-state index is 0.0165. The number of ether oxygens (including phenoxy) is 4. The number of halogens is 4. The van der Waals surface area contributed by atoms with Crippen LogP contribution in [-0.4, -0.2) is 79.5 Å². The Morgan fingerprint density at radius 2 is 1.76 bits per heavy atom. The molecule has 0 aromatic heterocycles. The van der Waals surface area contributed by atoms with E-state index in [2.05, 4.69) is 0 Å². The maximum Gasteiger partial charge on any atom is 0.491 e. The number of ketones is 1. The van der Waals surface area contributed by atoms with Crippen molar-refractivity contribution in [3.8, 4) is 17.2 Å². The summed E-state index contributed by atoms with van der Waals surface area (Å²) in [5.41, 5.74) is -0.00760. The molecule has 0 saturated carbocycles. The summed E-state index contributed by atoms with van der Waals surface area (Å²) in [7, 11) is 1.44. The third-order valence-corrected chi connectivity index (χ3v) is 7.55. The maximum atomic E-state index is 15.7. The predicted molar refractivity (Wildman–Crippen MR) is 156 cm³/mol. The Hall–Kier alpha value is -4.07. The van der Waals surface area contributed by atoms with Crippen molar-refractivity contribution in [2.75, 3.05) is 38.3 Å². The fourth-order valence-electron chi connectivity index (χ4n) is 5.48. The molecule has 45 heavy (non-hydrogen) atoms. The molecule has 14 heteroatoms. The van der Waals surface area contributed by atoms with Gasteiger partial charge in [-0.25, -0.2) is 9.18 Å². The summed E-state index contributed by atoms with van der Waals surface area (Å²) in [5.74, 6) is -5.25. The molecule has 2 atom stereocenters. The Labute approximate surface area is 258 Å². The molecule has 2 aromatic carbocycles. The number of aliphatic hydroxyl groups is 1. The number of hydrogen-bond acceptors (Lipinski definition) is 9. The Morgan fingerprint density at radius 3 is 2.29 bits per heavy atom. The lowest BCUT2D eigenvalue weighted by atomic mass is 9.84. The second-order valence-corrected chi connectivity index (χ2v) is 11.7. The van der Waals surface area contributed by atoms with Crippen LogP contribution >= 0.6 is 0 Å². The van der Waals surface area contributed by atoms with Crippen LogP contribution in [0.3, 0.4) is 0 Å². The first-order valence-electron chi connectivity index (χ1n) is 14.5. The van der Waals surface area contributed by atoms with Crippen LogP contribution in [0.25, 0.3) is 0 Å². The molecule has 0 aliphatic carbocycles. The molecule has 1 saturated heterocycles. The minimum atomic E-state index is -5.46. The summed E-state index contributed by atoms with van der Waals surface area (Å²) in [4.78, 5) is 28.9. The molecule has 0 spiro atoms. The summed E-state index contributed by atoms with van der Waals surface area (Å²) in [6.45, 7) is 9.24. The van der Waals surface area contributed by atoms with Gasteiger partial charge in [0.1, 0.15) is 11.6 Å². The number of Topliss-reactive ketones (excluding diaryl/α,β-unsaturated/α-hetero) is 1. The first-order valence-corrected chi connectivity index (χ1v) is 14.5. The molecule has 2 N–H and O–H groups in total. The summed E-state index contributed by atoms with van der Waals surface area (Å²) >= 11 is 0. The Morgan fingerprint density at radius 1 is 1.09 bits per heavy atom. The fourth-order valence-corrected chi connectivity index (χ4v) is 5.48. The van der Waals surface area contributed by atoms with Crippen molar-refractivity contribution in [3.63, 3.8) is 0 Å². The normalized spacial score (nSPS) is 17.3. The third kappa shape index (κ3) is 6.65. The summed E-state index contributed by atoms with van der Waals surface area (Å²) in [6.07, 6.45) is -7.95. The largest absolute Gasteiger partial charge is 0.494 e. The van der Waals surface area contributed by atoms with Crippen molar-refractivity contribution in [2.24, 2.45) is 0 Å². The second-order valence-electron chi connectivity index (χ2n) is 11.7. The highest BCUT2D eigenvalue weighted by Gasteiger charge is 2.47. The molecule has 0 amide bonds. The van der Waals surface area contributed by atoms with Gasteiger partial charge >= 0.3 is 12.1 Å². The molecule has 0 bridgehead atoms. The monoisotopic (exact) mass is 639 g/mol. The van der Waals surface area contributed by atoms with Gasteiger partial charge in [-0.15, -0.1) is 0 Å². The van der Waals surface area contributed by atoms with Crippen molar-refractivity contribution in [2.45, 2.75) is 71.5 Å². The number of benzene rings is 2. The van der Waals surface area contributed by atoms with Crippen molar-refractivity contribution in [1.82, 2.24) is 4.90 Å². The molecular weight excluding hydrogens is 602 g/mol. The second kappa shape index (κ2) is 12.7. The van der Waals surface area contributed by atoms with Crippen LogP contribution in [0.4, 0.5) is 23.2 Å². The van der Waals surface area contributed by atoms with Gasteiger partial charge in [0.05, 0.1) is 37.7 Å². The number of carbonyl (C=O) groups excluding carboxylic acids is 2. The van der Waals surface area contributed by atoms with Gasteiger partial charge in [-0.1, -0.05) is 20.8 Å². The fraction of sp³-hybridized carbons (Fsp3) is 0.516. The van der Waals surface area contributed by atoms with Crippen LogP contribution in [0.5, 0.6) is 17.2 Å². The molecule has 2 aromatic rings. The van der Waals surface area contributed by atoms with Crippen LogP contribution in [0, 0.1) is 11.2 Å². The quantitative estimate of drug-likeness (QED) is 0.211. The first kappa shape index (κ1) is 33.8.